The highest BCUT2D eigenvalue weighted by Crippen LogP contribution is 2.24. The Morgan fingerprint density at radius 1 is 1.06 bits per heavy atom. The maximum Gasteiger partial charge on any atom is 0.314 e. The minimum atomic E-state index is -0.828. The van der Waals surface area contributed by atoms with Crippen molar-refractivity contribution in [1.29, 1.82) is 0 Å². The normalized spacial score (nSPS) is 10.7. The summed E-state index contributed by atoms with van der Waals surface area (Å²) in [5.41, 5.74) is 7.95. The molecule has 0 radical (unpaired) electrons. The number of nitrogens with zero attached hydrogens (tertiary/aromatic N) is 4. The van der Waals surface area contributed by atoms with Crippen LogP contribution in [0.2, 0.25) is 5.02 Å². The third-order valence-corrected chi connectivity index (χ3v) is 5.01. The molecular formula is C21H18ClN7O2. The summed E-state index contributed by atoms with van der Waals surface area (Å²) in [6.07, 6.45) is 4.50. The highest BCUT2D eigenvalue weighted by molar-refractivity contribution is 6.40. The van der Waals surface area contributed by atoms with Crippen LogP contribution in [0.15, 0.2) is 61.1 Å². The van der Waals surface area contributed by atoms with Crippen molar-refractivity contribution in [1.82, 2.24) is 25.1 Å². The molecule has 0 bridgehead atoms. The van der Waals surface area contributed by atoms with E-state index in [1.807, 2.05) is 12.1 Å². The number of pyridine rings is 2. The van der Waals surface area contributed by atoms with Crippen LogP contribution in [-0.4, -0.2) is 36.9 Å². The lowest BCUT2D eigenvalue weighted by atomic mass is 10.2. The van der Waals surface area contributed by atoms with Gasteiger partial charge >= 0.3 is 11.8 Å². The molecule has 2 amide bonds. The Labute approximate surface area is 182 Å². The third-order valence-electron chi connectivity index (χ3n) is 4.65. The molecule has 3 aromatic heterocycles. The molecule has 9 nitrogen and oxygen atoms in total. The predicted octanol–water partition coefficient (Wildman–Crippen LogP) is 2.76. The number of carbonyl (C=O) groups is 2. The van der Waals surface area contributed by atoms with Crippen LogP contribution in [0.3, 0.4) is 0 Å². The van der Waals surface area contributed by atoms with Gasteiger partial charge in [-0.1, -0.05) is 35.9 Å². The average molecular weight is 436 g/mol. The molecule has 0 fully saturated rings. The topological polar surface area (TPSA) is 130 Å². The summed E-state index contributed by atoms with van der Waals surface area (Å²) < 4.78 is 0. The maximum absolute atomic E-state index is 13.1. The lowest BCUT2D eigenvalue weighted by Gasteiger charge is -2.22. The molecule has 4 aromatic rings. The maximum atomic E-state index is 13.1. The first-order valence-corrected chi connectivity index (χ1v) is 9.72. The van der Waals surface area contributed by atoms with E-state index in [2.05, 4.69) is 25.5 Å². The van der Waals surface area contributed by atoms with Crippen LogP contribution in [0, 0.1) is 0 Å². The SMILES string of the molecule is Nc1ncc(NC(=O)C(=O)N(Cc2ccccn2)Cc2ccccc2Cl)c2[nH]ncc12. The van der Waals surface area contributed by atoms with Crippen molar-refractivity contribution < 1.29 is 9.59 Å². The smallest absolute Gasteiger partial charge is 0.314 e. The number of hydrogen-bond donors (Lipinski definition) is 3. The van der Waals surface area contributed by atoms with Crippen LogP contribution in [0.4, 0.5) is 11.5 Å². The molecule has 0 saturated carbocycles. The highest BCUT2D eigenvalue weighted by atomic mass is 35.5. The van der Waals surface area contributed by atoms with Gasteiger partial charge < -0.3 is 16.0 Å². The Morgan fingerprint density at radius 3 is 2.65 bits per heavy atom. The quantitative estimate of drug-likeness (QED) is 0.413. The number of amides is 2. The van der Waals surface area contributed by atoms with Gasteiger partial charge in [-0.05, 0) is 23.8 Å². The van der Waals surface area contributed by atoms with Crippen LogP contribution in [0.25, 0.3) is 10.9 Å². The lowest BCUT2D eigenvalue weighted by molar-refractivity contribution is -0.144. The van der Waals surface area contributed by atoms with Crippen molar-refractivity contribution in [3.63, 3.8) is 0 Å². The monoisotopic (exact) mass is 435 g/mol. The Morgan fingerprint density at radius 2 is 1.87 bits per heavy atom. The first kappa shape index (κ1) is 20.3. The van der Waals surface area contributed by atoms with Gasteiger partial charge in [-0.25, -0.2) is 4.98 Å². The molecule has 0 saturated heterocycles. The van der Waals surface area contributed by atoms with Crippen LogP contribution < -0.4 is 11.1 Å². The van der Waals surface area contributed by atoms with Crippen LogP contribution in [0.5, 0.6) is 0 Å². The molecule has 156 valence electrons. The van der Waals surface area contributed by atoms with E-state index in [4.69, 9.17) is 17.3 Å². The molecule has 4 rings (SSSR count). The van der Waals surface area contributed by atoms with Crippen molar-refractivity contribution in [3.05, 3.63) is 77.3 Å². The van der Waals surface area contributed by atoms with E-state index in [-0.39, 0.29) is 18.9 Å². The average Bonchev–Trinajstić information content (AvgIpc) is 3.28. The minimum Gasteiger partial charge on any atom is -0.383 e. The molecule has 3 heterocycles. The van der Waals surface area contributed by atoms with Gasteiger partial charge in [0.25, 0.3) is 0 Å². The van der Waals surface area contributed by atoms with Crippen LogP contribution in [0.1, 0.15) is 11.3 Å². The Balaban J connectivity index is 1.59. The van der Waals surface area contributed by atoms with Gasteiger partial charge in [0, 0.05) is 17.8 Å². The van der Waals surface area contributed by atoms with E-state index in [1.54, 1.807) is 36.5 Å². The van der Waals surface area contributed by atoms with E-state index in [1.165, 1.54) is 17.3 Å². The third kappa shape index (κ3) is 4.46. The number of aromatic nitrogens is 4. The van der Waals surface area contributed by atoms with Crippen molar-refractivity contribution in [2.45, 2.75) is 13.1 Å². The molecule has 4 N–H and O–H groups in total. The predicted molar refractivity (Wildman–Crippen MR) is 117 cm³/mol. The second-order valence-corrected chi connectivity index (χ2v) is 7.15. The van der Waals surface area contributed by atoms with Crippen molar-refractivity contribution in [3.8, 4) is 0 Å². The summed E-state index contributed by atoms with van der Waals surface area (Å²) in [5, 5.41) is 10.3. The Bertz CT molecular complexity index is 1240. The molecule has 0 spiro atoms. The number of nitrogens with two attached hydrogens (primary N) is 1. The molecule has 0 atom stereocenters. The summed E-state index contributed by atoms with van der Waals surface area (Å²) in [7, 11) is 0. The molecular weight excluding hydrogens is 418 g/mol. The number of aromatic amines is 1. The summed E-state index contributed by atoms with van der Waals surface area (Å²) in [4.78, 5) is 35.6. The largest absolute Gasteiger partial charge is 0.383 e. The van der Waals surface area contributed by atoms with E-state index in [9.17, 15) is 9.59 Å². The lowest BCUT2D eigenvalue weighted by Crippen LogP contribution is -2.39. The molecule has 0 aliphatic carbocycles. The van der Waals surface area contributed by atoms with Crippen molar-refractivity contribution >= 4 is 45.8 Å². The number of fused-ring (bicyclic) bond motifs is 1. The van der Waals surface area contributed by atoms with Gasteiger partial charge in [0.15, 0.2) is 0 Å². The van der Waals surface area contributed by atoms with Gasteiger partial charge in [0.05, 0.1) is 41.2 Å². The van der Waals surface area contributed by atoms with E-state index < -0.39 is 11.8 Å². The zero-order chi connectivity index (χ0) is 21.8. The summed E-state index contributed by atoms with van der Waals surface area (Å²) in [6.45, 7) is 0.278. The standard InChI is InChI=1S/C21H18ClN7O2/c22-16-7-2-1-5-13(16)11-29(12-14-6-3-4-8-24-14)21(31)20(30)27-17-10-25-19(23)15-9-26-28-18(15)17/h1-10H,11-12H2,(H2,23,25)(H,26,28)(H,27,30). The number of carbonyl (C=O) groups excluding carboxylic acids is 2. The second-order valence-electron chi connectivity index (χ2n) is 6.74. The number of nitrogens with one attached hydrogen (secondary N) is 2. The number of H-pyrrole nitrogens is 1. The number of benzene rings is 1. The molecule has 1 aromatic carbocycles. The van der Waals surface area contributed by atoms with Crippen molar-refractivity contribution in [2.75, 3.05) is 11.1 Å². The van der Waals surface area contributed by atoms with Gasteiger partial charge in [0.2, 0.25) is 0 Å². The summed E-state index contributed by atoms with van der Waals surface area (Å²) in [6, 6.07) is 12.5. The first-order chi connectivity index (χ1) is 15.0. The Kier molecular flexibility index (Phi) is 5.76. The number of rotatable bonds is 5. The number of nitrogen functional groups attached to an aromatic ring is 1. The van der Waals surface area contributed by atoms with Gasteiger partial charge in [-0.15, -0.1) is 0 Å². The summed E-state index contributed by atoms with van der Waals surface area (Å²) >= 11 is 6.27. The first-order valence-electron chi connectivity index (χ1n) is 9.34. The molecule has 10 heteroatoms. The minimum absolute atomic E-state index is 0.137. The molecule has 31 heavy (non-hydrogen) atoms. The van der Waals surface area contributed by atoms with Crippen LogP contribution >= 0.6 is 11.6 Å². The number of anilines is 2. The van der Waals surface area contributed by atoms with Gasteiger partial charge in [-0.3, -0.25) is 19.7 Å². The van der Waals surface area contributed by atoms with E-state index in [0.717, 1.165) is 0 Å². The Hall–Kier alpha value is -3.98. The fourth-order valence-electron chi connectivity index (χ4n) is 3.09. The molecule has 0 unspecified atom stereocenters. The highest BCUT2D eigenvalue weighted by Gasteiger charge is 2.24. The second kappa shape index (κ2) is 8.80. The van der Waals surface area contributed by atoms with E-state index in [0.29, 0.717) is 32.9 Å². The van der Waals surface area contributed by atoms with Gasteiger partial charge in [0.1, 0.15) is 5.82 Å². The fourth-order valence-corrected chi connectivity index (χ4v) is 3.28. The fraction of sp³-hybridized carbons (Fsp3) is 0.0952. The number of halogens is 1. The van der Waals surface area contributed by atoms with Crippen LogP contribution in [-0.2, 0) is 22.7 Å². The molecule has 0 aliphatic rings. The van der Waals surface area contributed by atoms with E-state index >= 15 is 0 Å². The van der Waals surface area contributed by atoms with Gasteiger partial charge in [-0.2, -0.15) is 5.10 Å². The zero-order valence-electron chi connectivity index (χ0n) is 16.2. The number of hydrogen-bond acceptors (Lipinski definition) is 6. The molecule has 0 aliphatic heterocycles. The van der Waals surface area contributed by atoms with Crippen molar-refractivity contribution in [2.24, 2.45) is 0 Å². The summed E-state index contributed by atoms with van der Waals surface area (Å²) in [5.74, 6) is -1.30. The zero-order valence-corrected chi connectivity index (χ0v) is 17.0.